The van der Waals surface area contributed by atoms with Crippen LogP contribution in [0.2, 0.25) is 0 Å². The molecule has 1 fully saturated rings. The van der Waals surface area contributed by atoms with Crippen LogP contribution in [0.4, 0.5) is 4.79 Å². The van der Waals surface area contributed by atoms with Crippen molar-refractivity contribution in [3.63, 3.8) is 0 Å². The lowest BCUT2D eigenvalue weighted by atomic mass is 9.92. The lowest BCUT2D eigenvalue weighted by molar-refractivity contribution is -0.282. The lowest BCUT2D eigenvalue weighted by Gasteiger charge is -2.41. The van der Waals surface area contributed by atoms with Crippen LogP contribution < -0.4 is 5.32 Å². The van der Waals surface area contributed by atoms with Gasteiger partial charge in [0.2, 0.25) is 0 Å². The molecule has 0 aromatic carbocycles. The summed E-state index contributed by atoms with van der Waals surface area (Å²) in [4.78, 5) is 29.1. The van der Waals surface area contributed by atoms with Crippen LogP contribution in [0.3, 0.4) is 0 Å². The summed E-state index contributed by atoms with van der Waals surface area (Å²) in [5.41, 5.74) is 0.872. The van der Waals surface area contributed by atoms with Crippen molar-refractivity contribution in [3.8, 4) is 0 Å². The average Bonchev–Trinajstić information content (AvgIpc) is 3.20. The first-order valence-corrected chi connectivity index (χ1v) is 9.61. The molecule has 11 heteroatoms. The molecule has 1 aliphatic rings. The molecule has 5 N–H and O–H groups in total. The number of aliphatic hydroxyl groups excluding tert-OH is 2. The van der Waals surface area contributed by atoms with Gasteiger partial charge in [-0.2, -0.15) is 0 Å². The van der Waals surface area contributed by atoms with Gasteiger partial charge in [-0.25, -0.2) is 9.78 Å². The standard InChI is InChI=1S/C18H29N3O8/c1-11-15(24)16(25)13(29-17(11)27-7-3-2-4-14(22)23)9-28-18(26)20-6-5-12-8-19-10-21-12/h8,10-11,13,15-17,24-25H,2-7,9H2,1H3,(H,19,21)(H,20,26)(H,22,23). The number of nitrogens with one attached hydrogen (secondary N) is 2. The van der Waals surface area contributed by atoms with Crippen molar-refractivity contribution in [3.05, 3.63) is 18.2 Å². The number of imidazole rings is 1. The summed E-state index contributed by atoms with van der Waals surface area (Å²) in [6.07, 6.45) is 0.0712. The smallest absolute Gasteiger partial charge is 0.407 e. The summed E-state index contributed by atoms with van der Waals surface area (Å²) < 4.78 is 16.3. The number of carboxylic acids is 1. The Hall–Kier alpha value is -2.21. The first kappa shape index (κ1) is 23.1. The predicted octanol–water partition coefficient (Wildman–Crippen LogP) is 0.0327. The number of carbonyl (C=O) groups excluding carboxylic acids is 1. The van der Waals surface area contributed by atoms with E-state index >= 15 is 0 Å². The number of alkyl carbamates (subject to hydrolysis) is 1. The molecule has 2 rings (SSSR count). The van der Waals surface area contributed by atoms with Gasteiger partial charge >= 0.3 is 12.1 Å². The van der Waals surface area contributed by atoms with E-state index < -0.39 is 42.6 Å². The van der Waals surface area contributed by atoms with E-state index in [2.05, 4.69) is 15.3 Å². The fourth-order valence-electron chi connectivity index (χ4n) is 2.90. The Balaban J connectivity index is 1.71. The van der Waals surface area contributed by atoms with Crippen molar-refractivity contribution in [2.75, 3.05) is 19.8 Å². The Kier molecular flexibility index (Phi) is 9.32. The minimum Gasteiger partial charge on any atom is -0.481 e. The van der Waals surface area contributed by atoms with E-state index in [1.165, 1.54) is 0 Å². The lowest BCUT2D eigenvalue weighted by Crippen LogP contribution is -2.56. The molecule has 11 nitrogen and oxygen atoms in total. The zero-order valence-electron chi connectivity index (χ0n) is 16.3. The molecule has 164 valence electrons. The molecule has 0 aliphatic carbocycles. The maximum atomic E-state index is 11.8. The number of unbranched alkanes of at least 4 members (excludes halogenated alkanes) is 1. The number of aromatic amines is 1. The number of rotatable bonds is 11. The molecule has 5 unspecified atom stereocenters. The third-order valence-corrected chi connectivity index (χ3v) is 4.67. The average molecular weight is 415 g/mol. The number of aliphatic hydroxyl groups is 2. The summed E-state index contributed by atoms with van der Waals surface area (Å²) in [6, 6.07) is 0. The van der Waals surface area contributed by atoms with Crippen molar-refractivity contribution in [2.24, 2.45) is 5.92 Å². The highest BCUT2D eigenvalue weighted by Crippen LogP contribution is 2.27. The van der Waals surface area contributed by atoms with Crippen molar-refractivity contribution < 1.29 is 39.1 Å². The van der Waals surface area contributed by atoms with Gasteiger partial charge in [-0.1, -0.05) is 6.92 Å². The van der Waals surface area contributed by atoms with E-state index in [1.807, 2.05) is 0 Å². The zero-order chi connectivity index (χ0) is 21.2. The quantitative estimate of drug-likeness (QED) is 0.314. The number of aliphatic carboxylic acids is 1. The number of carboxylic acid groups (broad SMARTS) is 1. The van der Waals surface area contributed by atoms with Gasteiger partial charge in [0.1, 0.15) is 18.8 Å². The predicted molar refractivity (Wildman–Crippen MR) is 98.9 cm³/mol. The Morgan fingerprint density at radius 3 is 2.79 bits per heavy atom. The van der Waals surface area contributed by atoms with E-state index in [9.17, 15) is 19.8 Å². The number of aromatic nitrogens is 2. The molecule has 2 heterocycles. The third kappa shape index (κ3) is 7.61. The highest BCUT2D eigenvalue weighted by atomic mass is 16.7. The van der Waals surface area contributed by atoms with Crippen LogP contribution in [0, 0.1) is 5.92 Å². The monoisotopic (exact) mass is 415 g/mol. The van der Waals surface area contributed by atoms with E-state index in [1.54, 1.807) is 19.4 Å². The Morgan fingerprint density at radius 1 is 1.31 bits per heavy atom. The van der Waals surface area contributed by atoms with Crippen molar-refractivity contribution in [2.45, 2.75) is 57.2 Å². The molecular formula is C18H29N3O8. The van der Waals surface area contributed by atoms with Gasteiger partial charge in [0, 0.05) is 43.8 Å². The number of H-pyrrole nitrogens is 1. The molecule has 1 saturated heterocycles. The maximum absolute atomic E-state index is 11.8. The molecule has 1 aliphatic heterocycles. The number of amides is 1. The molecule has 29 heavy (non-hydrogen) atoms. The van der Waals surface area contributed by atoms with Crippen LogP contribution in [0.1, 0.15) is 31.9 Å². The van der Waals surface area contributed by atoms with E-state index in [4.69, 9.17) is 19.3 Å². The summed E-state index contributed by atoms with van der Waals surface area (Å²) in [5, 5.41) is 31.6. The normalized spacial score (nSPS) is 26.8. The van der Waals surface area contributed by atoms with Gasteiger partial charge in [-0.15, -0.1) is 0 Å². The molecular weight excluding hydrogens is 386 g/mol. The van der Waals surface area contributed by atoms with E-state index in [0.29, 0.717) is 25.8 Å². The topological polar surface area (TPSA) is 163 Å². The second kappa shape index (κ2) is 11.7. The van der Waals surface area contributed by atoms with Crippen molar-refractivity contribution >= 4 is 12.1 Å². The highest BCUT2D eigenvalue weighted by molar-refractivity contribution is 5.67. The zero-order valence-corrected chi connectivity index (χ0v) is 16.3. The highest BCUT2D eigenvalue weighted by Gasteiger charge is 2.43. The molecule has 1 aromatic rings. The fraction of sp³-hybridized carbons (Fsp3) is 0.722. The minimum atomic E-state index is -1.23. The van der Waals surface area contributed by atoms with Crippen molar-refractivity contribution in [1.82, 2.24) is 15.3 Å². The number of ether oxygens (including phenoxy) is 3. The van der Waals surface area contributed by atoms with E-state index in [0.717, 1.165) is 5.69 Å². The number of nitrogens with zero attached hydrogens (tertiary/aromatic N) is 1. The fourth-order valence-corrected chi connectivity index (χ4v) is 2.90. The molecule has 0 spiro atoms. The molecule has 1 aromatic heterocycles. The molecule has 0 saturated carbocycles. The van der Waals surface area contributed by atoms with Crippen LogP contribution in [-0.4, -0.2) is 81.7 Å². The number of hydrogen-bond acceptors (Lipinski definition) is 8. The number of carbonyl (C=O) groups is 2. The SMILES string of the molecule is CC1C(OCCCCC(=O)O)OC(COC(=O)NCCc2cnc[nH]2)C(O)C1O. The van der Waals surface area contributed by atoms with Gasteiger partial charge in [0.15, 0.2) is 6.29 Å². The van der Waals surface area contributed by atoms with Crippen LogP contribution in [-0.2, 0) is 25.4 Å². The summed E-state index contributed by atoms with van der Waals surface area (Å²) >= 11 is 0. The summed E-state index contributed by atoms with van der Waals surface area (Å²) in [7, 11) is 0. The minimum absolute atomic E-state index is 0.0533. The molecule has 1 amide bonds. The second-order valence-corrected chi connectivity index (χ2v) is 6.96. The van der Waals surface area contributed by atoms with Crippen LogP contribution >= 0.6 is 0 Å². The Labute approximate surface area is 168 Å². The second-order valence-electron chi connectivity index (χ2n) is 6.96. The summed E-state index contributed by atoms with van der Waals surface area (Å²) in [6.45, 7) is 2.03. The van der Waals surface area contributed by atoms with Crippen LogP contribution in [0.5, 0.6) is 0 Å². The largest absolute Gasteiger partial charge is 0.481 e. The molecule has 5 atom stereocenters. The van der Waals surface area contributed by atoms with Gasteiger partial charge in [-0.3, -0.25) is 4.79 Å². The maximum Gasteiger partial charge on any atom is 0.407 e. The molecule has 0 bridgehead atoms. The van der Waals surface area contributed by atoms with Crippen molar-refractivity contribution in [1.29, 1.82) is 0 Å². The van der Waals surface area contributed by atoms with Gasteiger partial charge in [0.05, 0.1) is 12.4 Å². The first-order chi connectivity index (χ1) is 13.9. The van der Waals surface area contributed by atoms with Crippen LogP contribution in [0.25, 0.3) is 0 Å². The first-order valence-electron chi connectivity index (χ1n) is 9.61. The number of hydrogen-bond donors (Lipinski definition) is 5. The van der Waals surface area contributed by atoms with Gasteiger partial charge in [0.25, 0.3) is 0 Å². The van der Waals surface area contributed by atoms with E-state index in [-0.39, 0.29) is 19.6 Å². The Morgan fingerprint density at radius 2 is 2.10 bits per heavy atom. The van der Waals surface area contributed by atoms with Gasteiger partial charge in [-0.05, 0) is 12.8 Å². The molecule has 0 radical (unpaired) electrons. The van der Waals surface area contributed by atoms with Gasteiger partial charge < -0.3 is 39.8 Å². The third-order valence-electron chi connectivity index (χ3n) is 4.67. The Bertz CT molecular complexity index is 627. The summed E-state index contributed by atoms with van der Waals surface area (Å²) in [5.74, 6) is -1.37. The van der Waals surface area contributed by atoms with Crippen LogP contribution in [0.15, 0.2) is 12.5 Å².